The van der Waals surface area contributed by atoms with E-state index in [2.05, 4.69) is 10.1 Å². The summed E-state index contributed by atoms with van der Waals surface area (Å²) in [6.45, 7) is 1.36. The Balaban J connectivity index is 2.70. The lowest BCUT2D eigenvalue weighted by atomic mass is 10.4. The molecule has 0 amide bonds. The Morgan fingerprint density at radius 1 is 1.45 bits per heavy atom. The van der Waals surface area contributed by atoms with E-state index in [1.807, 2.05) is 0 Å². The predicted molar refractivity (Wildman–Crippen MR) is 65.4 cm³/mol. The number of hydrogen-bond donors (Lipinski definition) is 0. The lowest BCUT2D eigenvalue weighted by Crippen LogP contribution is -2.21. The van der Waals surface area contributed by atoms with E-state index in [1.54, 1.807) is 0 Å². The van der Waals surface area contributed by atoms with Gasteiger partial charge in [-0.25, -0.2) is 17.9 Å². The molecule has 0 aliphatic rings. The minimum Gasteiger partial charge on any atom is -0.241 e. The van der Waals surface area contributed by atoms with E-state index in [4.69, 9.17) is 11.6 Å². The van der Waals surface area contributed by atoms with Gasteiger partial charge in [-0.15, -0.1) is 11.6 Å². The number of rotatable bonds is 3. The number of aromatic nitrogens is 3. The van der Waals surface area contributed by atoms with Crippen LogP contribution in [0.3, 0.4) is 0 Å². The van der Waals surface area contributed by atoms with Gasteiger partial charge < -0.3 is 0 Å². The molecule has 0 N–H and O–H groups in total. The lowest BCUT2D eigenvalue weighted by molar-refractivity contribution is -0.141. The molecule has 0 aliphatic carbocycles. The summed E-state index contributed by atoms with van der Waals surface area (Å²) >= 11 is 5.51. The Labute approximate surface area is 117 Å². The van der Waals surface area contributed by atoms with Crippen LogP contribution in [0.15, 0.2) is 23.5 Å². The van der Waals surface area contributed by atoms with Gasteiger partial charge in [0, 0.05) is 18.3 Å². The summed E-state index contributed by atoms with van der Waals surface area (Å²) in [6.07, 6.45) is -2.44. The zero-order valence-corrected chi connectivity index (χ0v) is 11.7. The van der Waals surface area contributed by atoms with E-state index in [-0.39, 0.29) is 11.4 Å². The molecule has 5 nitrogen and oxygen atoms in total. The number of sulfone groups is 1. The first kappa shape index (κ1) is 15.0. The van der Waals surface area contributed by atoms with Crippen molar-refractivity contribution < 1.29 is 21.6 Å². The Kier molecular flexibility index (Phi) is 3.67. The summed E-state index contributed by atoms with van der Waals surface area (Å²) in [5.74, 6) is -0.189. The van der Waals surface area contributed by atoms with Crippen molar-refractivity contribution in [3.63, 3.8) is 0 Å². The fourth-order valence-electron chi connectivity index (χ4n) is 1.53. The van der Waals surface area contributed by atoms with Crippen molar-refractivity contribution in [3.8, 4) is 0 Å². The monoisotopic (exact) mass is 327 g/mol. The molecular weight excluding hydrogens is 319 g/mol. The average molecular weight is 328 g/mol. The van der Waals surface area contributed by atoms with Crippen LogP contribution in [0.5, 0.6) is 0 Å². The molecule has 110 valence electrons. The first-order chi connectivity index (χ1) is 9.17. The van der Waals surface area contributed by atoms with Crippen LogP contribution in [0.2, 0.25) is 0 Å². The topological polar surface area (TPSA) is 64.3 Å². The van der Waals surface area contributed by atoms with Crippen LogP contribution in [0, 0.1) is 0 Å². The maximum Gasteiger partial charge on any atom is 0.435 e. The van der Waals surface area contributed by atoms with Gasteiger partial charge in [0.1, 0.15) is 5.52 Å². The zero-order chi connectivity index (χ0) is 15.1. The molecule has 0 fully saturated rings. The third-order valence-corrected chi connectivity index (χ3v) is 5.39. The number of fused-ring (bicyclic) bond motifs is 1. The second-order valence-corrected chi connectivity index (χ2v) is 6.69. The molecule has 0 bridgehead atoms. The minimum absolute atomic E-state index is 0.189. The van der Waals surface area contributed by atoms with Gasteiger partial charge in [-0.2, -0.15) is 18.3 Å². The van der Waals surface area contributed by atoms with Crippen molar-refractivity contribution in [1.29, 1.82) is 0 Å². The second-order valence-electron chi connectivity index (χ2n) is 4.10. The van der Waals surface area contributed by atoms with Gasteiger partial charge in [-0.3, -0.25) is 0 Å². The summed E-state index contributed by atoms with van der Waals surface area (Å²) in [4.78, 5) is 3.67. The average Bonchev–Trinajstić information content (AvgIpc) is 2.80. The van der Waals surface area contributed by atoms with Gasteiger partial charge in [0.2, 0.25) is 9.84 Å². The Morgan fingerprint density at radius 3 is 2.65 bits per heavy atom. The summed E-state index contributed by atoms with van der Waals surface area (Å²) in [5, 5.41) is 1.87. The molecule has 0 spiro atoms. The van der Waals surface area contributed by atoms with Crippen LogP contribution >= 0.6 is 11.6 Å². The molecule has 2 aromatic rings. The number of nitrogens with zero attached hydrogens (tertiary/aromatic N) is 3. The third-order valence-electron chi connectivity index (χ3n) is 2.66. The quantitative estimate of drug-likeness (QED) is 0.810. The van der Waals surface area contributed by atoms with E-state index < -0.39 is 32.0 Å². The van der Waals surface area contributed by atoms with E-state index in [9.17, 15) is 21.6 Å². The van der Waals surface area contributed by atoms with Crippen LogP contribution in [0.4, 0.5) is 13.2 Å². The molecule has 0 saturated carbocycles. The van der Waals surface area contributed by atoms with Crippen LogP contribution in [0.1, 0.15) is 12.6 Å². The van der Waals surface area contributed by atoms with Gasteiger partial charge in [0.25, 0.3) is 0 Å². The lowest BCUT2D eigenvalue weighted by Gasteiger charge is -2.09. The van der Waals surface area contributed by atoms with E-state index >= 15 is 0 Å². The SMILES string of the molecule is CC(CCl)S(=O)(=O)c1nccn2nc(C(F)(F)F)cc12. The molecule has 2 heterocycles. The van der Waals surface area contributed by atoms with Gasteiger partial charge in [-0.05, 0) is 13.0 Å². The van der Waals surface area contributed by atoms with Gasteiger partial charge in [-0.1, -0.05) is 0 Å². The molecule has 2 rings (SSSR count). The zero-order valence-electron chi connectivity index (χ0n) is 10.1. The molecule has 0 aliphatic heterocycles. The summed E-state index contributed by atoms with van der Waals surface area (Å²) < 4.78 is 63.0. The fraction of sp³-hybridized carbons (Fsp3) is 0.400. The van der Waals surface area contributed by atoms with E-state index in [1.165, 1.54) is 6.92 Å². The normalized spacial score (nSPS) is 14.7. The number of hydrogen-bond acceptors (Lipinski definition) is 4. The minimum atomic E-state index is -4.66. The molecule has 20 heavy (non-hydrogen) atoms. The van der Waals surface area contributed by atoms with E-state index in [0.717, 1.165) is 16.9 Å². The van der Waals surface area contributed by atoms with Crippen molar-refractivity contribution in [3.05, 3.63) is 24.2 Å². The van der Waals surface area contributed by atoms with Crippen molar-refractivity contribution in [1.82, 2.24) is 14.6 Å². The summed E-state index contributed by atoms with van der Waals surface area (Å²) in [6, 6.07) is 0.654. The van der Waals surface area contributed by atoms with Crippen molar-refractivity contribution in [2.45, 2.75) is 23.4 Å². The van der Waals surface area contributed by atoms with Crippen molar-refractivity contribution >= 4 is 27.0 Å². The molecule has 10 heteroatoms. The molecular formula is C10H9ClF3N3O2S. The molecule has 0 radical (unpaired) electrons. The Morgan fingerprint density at radius 2 is 2.10 bits per heavy atom. The number of halogens is 4. The Hall–Kier alpha value is -1.35. The van der Waals surface area contributed by atoms with Crippen LogP contribution in [-0.2, 0) is 16.0 Å². The van der Waals surface area contributed by atoms with Crippen LogP contribution < -0.4 is 0 Å². The highest BCUT2D eigenvalue weighted by molar-refractivity contribution is 7.92. The van der Waals surface area contributed by atoms with Crippen LogP contribution in [-0.4, -0.2) is 34.1 Å². The van der Waals surface area contributed by atoms with E-state index in [0.29, 0.717) is 6.07 Å². The molecule has 2 aromatic heterocycles. The first-order valence-electron chi connectivity index (χ1n) is 5.39. The summed E-state index contributed by atoms with van der Waals surface area (Å²) in [7, 11) is -3.92. The smallest absolute Gasteiger partial charge is 0.241 e. The maximum absolute atomic E-state index is 12.6. The van der Waals surface area contributed by atoms with Crippen molar-refractivity contribution in [2.24, 2.45) is 0 Å². The standard InChI is InChI=1S/C10H9ClF3N3O2S/c1-6(5-11)20(18,19)9-7-4-8(10(12,13)14)16-17(7)3-2-15-9/h2-4,6H,5H2,1H3. The molecule has 1 unspecified atom stereocenters. The molecule has 0 saturated heterocycles. The largest absolute Gasteiger partial charge is 0.435 e. The second kappa shape index (κ2) is 4.88. The fourth-order valence-corrected chi connectivity index (χ4v) is 3.23. The highest BCUT2D eigenvalue weighted by atomic mass is 35.5. The molecule has 0 aromatic carbocycles. The highest BCUT2D eigenvalue weighted by Crippen LogP contribution is 2.30. The van der Waals surface area contributed by atoms with Gasteiger partial charge >= 0.3 is 6.18 Å². The van der Waals surface area contributed by atoms with Crippen LogP contribution in [0.25, 0.3) is 5.52 Å². The third kappa shape index (κ3) is 2.47. The van der Waals surface area contributed by atoms with Crippen molar-refractivity contribution in [2.75, 3.05) is 5.88 Å². The Bertz CT molecular complexity index is 742. The predicted octanol–water partition coefficient (Wildman–Crippen LogP) is 2.15. The highest BCUT2D eigenvalue weighted by Gasteiger charge is 2.36. The number of alkyl halides is 4. The van der Waals surface area contributed by atoms with Gasteiger partial charge in [0.05, 0.1) is 5.25 Å². The summed E-state index contributed by atoms with van der Waals surface area (Å²) in [5.41, 5.74) is -1.41. The van der Waals surface area contributed by atoms with Gasteiger partial charge in [0.15, 0.2) is 10.7 Å². The maximum atomic E-state index is 12.6. The first-order valence-corrected chi connectivity index (χ1v) is 7.47. The molecule has 1 atom stereocenters.